The van der Waals surface area contributed by atoms with Crippen molar-refractivity contribution in [2.75, 3.05) is 55.9 Å². The lowest BCUT2D eigenvalue weighted by molar-refractivity contribution is 0.0738. The van der Waals surface area contributed by atoms with Crippen LogP contribution in [0, 0.1) is 0 Å². The van der Waals surface area contributed by atoms with Crippen LogP contribution in [0.1, 0.15) is 16.1 Å². The summed E-state index contributed by atoms with van der Waals surface area (Å²) in [5.41, 5.74) is 3.59. The van der Waals surface area contributed by atoms with Crippen LogP contribution in [0.4, 0.5) is 11.5 Å². The molecule has 3 aromatic rings. The molecule has 0 radical (unpaired) electrons. The molecule has 0 unspecified atom stereocenters. The molecule has 4 heterocycles. The van der Waals surface area contributed by atoms with Gasteiger partial charge in [0.15, 0.2) is 0 Å². The van der Waals surface area contributed by atoms with Crippen LogP contribution >= 0.6 is 22.9 Å². The van der Waals surface area contributed by atoms with E-state index in [4.69, 9.17) is 16.3 Å². The van der Waals surface area contributed by atoms with Crippen LogP contribution in [0.2, 0.25) is 5.28 Å². The molecule has 8 nitrogen and oxygen atoms in total. The van der Waals surface area contributed by atoms with E-state index in [1.807, 2.05) is 4.90 Å². The fourth-order valence-corrected chi connectivity index (χ4v) is 4.71. The highest BCUT2D eigenvalue weighted by atomic mass is 35.5. The smallest absolute Gasteiger partial charge is 0.266 e. The summed E-state index contributed by atoms with van der Waals surface area (Å²) in [5.74, 6) is 0.765. The lowest BCUT2D eigenvalue weighted by Gasteiger charge is -2.36. The number of fused-ring (bicyclic) bond motifs is 1. The number of ether oxygens (including phenoxy) is 1. The van der Waals surface area contributed by atoms with Crippen LogP contribution in [0.5, 0.6) is 0 Å². The Labute approximate surface area is 183 Å². The van der Waals surface area contributed by atoms with Crippen molar-refractivity contribution in [3.63, 3.8) is 0 Å². The van der Waals surface area contributed by atoms with Crippen LogP contribution in [0.15, 0.2) is 29.9 Å². The Kier molecular flexibility index (Phi) is 5.41. The summed E-state index contributed by atoms with van der Waals surface area (Å²) in [7, 11) is 0. The second-order valence-corrected chi connectivity index (χ2v) is 8.53. The van der Waals surface area contributed by atoms with Gasteiger partial charge in [-0.3, -0.25) is 9.78 Å². The van der Waals surface area contributed by atoms with Gasteiger partial charge in [-0.25, -0.2) is 4.98 Å². The van der Waals surface area contributed by atoms with E-state index in [0.717, 1.165) is 61.7 Å². The first-order valence-corrected chi connectivity index (χ1v) is 11.2. The van der Waals surface area contributed by atoms with Gasteiger partial charge in [-0.05, 0) is 36.2 Å². The average molecular weight is 445 g/mol. The lowest BCUT2D eigenvalue weighted by atomic mass is 10.1. The van der Waals surface area contributed by atoms with Crippen molar-refractivity contribution < 1.29 is 9.53 Å². The molecule has 5 rings (SSSR count). The Hall–Kier alpha value is -2.49. The van der Waals surface area contributed by atoms with Gasteiger partial charge in [0.2, 0.25) is 5.28 Å². The summed E-state index contributed by atoms with van der Waals surface area (Å²) < 4.78 is 5.45. The molecule has 2 aromatic heterocycles. The SMILES string of the molecule is O=C(c1cncs1)N1CCCN(c2nc(Cl)nc3cc(N4CCOCC4)ccc23)C1. The first kappa shape index (κ1) is 19.5. The van der Waals surface area contributed by atoms with Crippen molar-refractivity contribution in [2.45, 2.75) is 6.42 Å². The molecule has 30 heavy (non-hydrogen) atoms. The fourth-order valence-electron chi connectivity index (χ4n) is 3.95. The Morgan fingerprint density at radius 2 is 1.97 bits per heavy atom. The van der Waals surface area contributed by atoms with Crippen molar-refractivity contribution in [3.8, 4) is 0 Å². The molecular formula is C20H21ClN6O2S. The second-order valence-electron chi connectivity index (χ2n) is 7.31. The fraction of sp³-hybridized carbons (Fsp3) is 0.400. The number of hydrogen-bond acceptors (Lipinski definition) is 8. The number of carbonyl (C=O) groups excluding carboxylic acids is 1. The monoisotopic (exact) mass is 444 g/mol. The van der Waals surface area contributed by atoms with E-state index in [1.165, 1.54) is 11.3 Å². The zero-order valence-corrected chi connectivity index (χ0v) is 17.9. The summed E-state index contributed by atoms with van der Waals surface area (Å²) in [5, 5.41) is 1.14. The average Bonchev–Trinajstić information content (AvgIpc) is 3.33. The Balaban J connectivity index is 1.45. The summed E-state index contributed by atoms with van der Waals surface area (Å²) in [4.78, 5) is 32.7. The normalized spacial score (nSPS) is 17.6. The molecule has 0 bridgehead atoms. The minimum atomic E-state index is 0.00117. The number of amides is 1. The molecule has 1 amide bonds. The first-order chi connectivity index (χ1) is 14.7. The third-order valence-corrected chi connectivity index (χ3v) is 6.37. The van der Waals surface area contributed by atoms with Crippen molar-refractivity contribution in [3.05, 3.63) is 40.1 Å². The number of benzene rings is 1. The summed E-state index contributed by atoms with van der Waals surface area (Å²) in [6, 6.07) is 6.20. The van der Waals surface area contributed by atoms with Crippen LogP contribution in [0.3, 0.4) is 0 Å². The predicted molar refractivity (Wildman–Crippen MR) is 118 cm³/mol. The minimum absolute atomic E-state index is 0.00117. The number of morpholine rings is 1. The molecule has 0 N–H and O–H groups in total. The lowest BCUT2D eigenvalue weighted by Crippen LogP contribution is -2.47. The summed E-state index contributed by atoms with van der Waals surface area (Å²) in [6.07, 6.45) is 2.48. The van der Waals surface area contributed by atoms with Crippen LogP contribution in [0.25, 0.3) is 10.9 Å². The molecule has 2 saturated heterocycles. The van der Waals surface area contributed by atoms with Gasteiger partial charge in [-0.2, -0.15) is 4.98 Å². The van der Waals surface area contributed by atoms with Gasteiger partial charge in [-0.15, -0.1) is 11.3 Å². The number of thiazole rings is 1. The zero-order valence-electron chi connectivity index (χ0n) is 16.3. The highest BCUT2D eigenvalue weighted by Gasteiger charge is 2.26. The topological polar surface area (TPSA) is 74.7 Å². The molecule has 10 heteroatoms. The maximum atomic E-state index is 12.8. The van der Waals surface area contributed by atoms with Crippen molar-refractivity contribution >= 4 is 51.3 Å². The molecule has 1 aromatic carbocycles. The maximum absolute atomic E-state index is 12.8. The molecular weight excluding hydrogens is 424 g/mol. The van der Waals surface area contributed by atoms with Gasteiger partial charge < -0.3 is 19.4 Å². The highest BCUT2D eigenvalue weighted by molar-refractivity contribution is 7.11. The minimum Gasteiger partial charge on any atom is -0.378 e. The molecule has 0 saturated carbocycles. The van der Waals surface area contributed by atoms with Crippen LogP contribution in [-0.4, -0.2) is 71.8 Å². The van der Waals surface area contributed by atoms with E-state index in [-0.39, 0.29) is 11.2 Å². The van der Waals surface area contributed by atoms with Gasteiger partial charge in [0.05, 0.1) is 37.1 Å². The van der Waals surface area contributed by atoms with E-state index < -0.39 is 0 Å². The van der Waals surface area contributed by atoms with Crippen molar-refractivity contribution in [1.82, 2.24) is 19.9 Å². The van der Waals surface area contributed by atoms with E-state index >= 15 is 0 Å². The molecule has 2 aliphatic rings. The van der Waals surface area contributed by atoms with Crippen LogP contribution in [-0.2, 0) is 4.74 Å². The third-order valence-electron chi connectivity index (χ3n) is 5.44. The molecule has 156 valence electrons. The Morgan fingerprint density at radius 3 is 2.77 bits per heavy atom. The summed E-state index contributed by atoms with van der Waals surface area (Å²) >= 11 is 7.65. The zero-order chi connectivity index (χ0) is 20.5. The third kappa shape index (κ3) is 3.80. The number of rotatable bonds is 3. The molecule has 0 atom stereocenters. The van der Waals surface area contributed by atoms with Gasteiger partial charge in [0.1, 0.15) is 10.7 Å². The summed E-state index contributed by atoms with van der Waals surface area (Å²) in [6.45, 7) is 5.15. The van der Waals surface area contributed by atoms with Gasteiger partial charge in [0, 0.05) is 37.3 Å². The maximum Gasteiger partial charge on any atom is 0.266 e. The molecule has 0 spiro atoms. The molecule has 2 aliphatic heterocycles. The second kappa shape index (κ2) is 8.33. The van der Waals surface area contributed by atoms with Crippen LogP contribution < -0.4 is 9.80 Å². The van der Waals surface area contributed by atoms with Crippen molar-refractivity contribution in [2.24, 2.45) is 0 Å². The standard InChI is InChI=1S/C20H21ClN6O2S/c21-20-23-16-10-14(25-6-8-29-9-7-25)2-3-15(16)18(24-20)26-4-1-5-27(13-26)19(28)17-11-22-12-30-17/h2-3,10-12H,1,4-9,13H2. The van der Waals surface area contributed by atoms with E-state index in [2.05, 4.69) is 43.0 Å². The number of nitrogens with zero attached hydrogens (tertiary/aromatic N) is 6. The number of hydrogen-bond donors (Lipinski definition) is 0. The number of anilines is 2. The first-order valence-electron chi connectivity index (χ1n) is 9.92. The largest absolute Gasteiger partial charge is 0.378 e. The van der Waals surface area contributed by atoms with E-state index in [1.54, 1.807) is 11.7 Å². The molecule has 2 fully saturated rings. The van der Waals surface area contributed by atoms with Gasteiger partial charge >= 0.3 is 0 Å². The van der Waals surface area contributed by atoms with E-state index in [9.17, 15) is 4.79 Å². The number of halogens is 1. The Bertz CT molecular complexity index is 1060. The van der Waals surface area contributed by atoms with E-state index in [0.29, 0.717) is 18.1 Å². The van der Waals surface area contributed by atoms with Gasteiger partial charge in [0.25, 0.3) is 5.91 Å². The number of carbonyl (C=O) groups is 1. The number of aromatic nitrogens is 3. The quantitative estimate of drug-likeness (QED) is 0.575. The van der Waals surface area contributed by atoms with Gasteiger partial charge in [-0.1, -0.05) is 0 Å². The highest BCUT2D eigenvalue weighted by Crippen LogP contribution is 2.30. The Morgan fingerprint density at radius 1 is 1.10 bits per heavy atom. The molecule has 0 aliphatic carbocycles. The van der Waals surface area contributed by atoms with Crippen molar-refractivity contribution in [1.29, 1.82) is 0 Å². The predicted octanol–water partition coefficient (Wildman–Crippen LogP) is 2.89.